The molecule has 2 rings (SSSR count). The van der Waals surface area contributed by atoms with Crippen LogP contribution in [0.5, 0.6) is 0 Å². The van der Waals surface area contributed by atoms with Crippen molar-refractivity contribution in [3.63, 3.8) is 0 Å². The van der Waals surface area contributed by atoms with Crippen molar-refractivity contribution < 1.29 is 34.2 Å². The first-order valence-electron chi connectivity index (χ1n) is 11.6. The first-order chi connectivity index (χ1) is 16.5. The topological polar surface area (TPSA) is 208 Å². The van der Waals surface area contributed by atoms with Crippen molar-refractivity contribution >= 4 is 29.7 Å². The molecule has 2 heterocycles. The number of hydrogen-bond acceptors (Lipinski definition) is 7. The van der Waals surface area contributed by atoms with E-state index in [0.717, 1.165) is 0 Å². The molecule has 7 N–H and O–H groups in total. The lowest BCUT2D eigenvalue weighted by atomic mass is 9.97. The maximum atomic E-state index is 13.1. The van der Waals surface area contributed by atoms with Crippen LogP contribution in [0.25, 0.3) is 0 Å². The molecule has 0 bridgehead atoms. The molecule has 1 saturated heterocycles. The number of nitrogens with one attached hydrogen (secondary N) is 3. The number of likely N-dealkylation sites (tertiary alicyclic amines) is 1. The average Bonchev–Trinajstić information content (AvgIpc) is 3.51. The Morgan fingerprint density at radius 1 is 1.26 bits per heavy atom. The standard InChI is InChI=1S/C22H34N6O7/c1-3-12(2)18(20(32)26-15(22(34)35)9-13-10-24-11-25-13)27-19(31)16-5-4-8-28(16)21(33)14(23)6-7-17(29)30/h10-12,14-16,18H,3-9,23H2,1-2H3,(H,24,25)(H,26,32)(H,27,31)(H,29,30)(H,34,35). The number of carboxylic acids is 2. The van der Waals surface area contributed by atoms with Crippen LogP contribution in [0, 0.1) is 5.92 Å². The SMILES string of the molecule is CCC(C)C(NC(=O)C1CCCN1C(=O)C(N)CCC(=O)O)C(=O)NC(Cc1cnc[nH]1)C(=O)O. The van der Waals surface area contributed by atoms with E-state index in [4.69, 9.17) is 10.8 Å². The summed E-state index contributed by atoms with van der Waals surface area (Å²) in [6, 6.07) is -4.15. The lowest BCUT2D eigenvalue weighted by Gasteiger charge is -2.30. The van der Waals surface area contributed by atoms with Gasteiger partial charge >= 0.3 is 11.9 Å². The van der Waals surface area contributed by atoms with Gasteiger partial charge in [0.25, 0.3) is 0 Å². The normalized spacial score (nSPS) is 18.8. The predicted octanol–water partition coefficient (Wildman–Crippen LogP) is -0.764. The van der Waals surface area contributed by atoms with Gasteiger partial charge in [-0.1, -0.05) is 20.3 Å². The second kappa shape index (κ2) is 12.8. The first kappa shape index (κ1) is 27.8. The molecule has 1 aliphatic heterocycles. The van der Waals surface area contributed by atoms with Gasteiger partial charge in [0.1, 0.15) is 18.1 Å². The number of carbonyl (C=O) groups excluding carboxylic acids is 3. The number of aromatic nitrogens is 2. The van der Waals surface area contributed by atoms with Gasteiger partial charge in [0.2, 0.25) is 17.7 Å². The second-order valence-corrected chi connectivity index (χ2v) is 8.78. The van der Waals surface area contributed by atoms with E-state index in [0.29, 0.717) is 31.5 Å². The maximum Gasteiger partial charge on any atom is 0.326 e. The number of nitrogens with two attached hydrogens (primary N) is 1. The van der Waals surface area contributed by atoms with Gasteiger partial charge in [0, 0.05) is 31.3 Å². The summed E-state index contributed by atoms with van der Waals surface area (Å²) < 4.78 is 0. The van der Waals surface area contributed by atoms with Gasteiger partial charge < -0.3 is 36.5 Å². The molecule has 5 atom stereocenters. The summed E-state index contributed by atoms with van der Waals surface area (Å²) in [5.74, 6) is -4.32. The third-order valence-corrected chi connectivity index (χ3v) is 6.21. The van der Waals surface area contributed by atoms with E-state index in [-0.39, 0.29) is 25.2 Å². The summed E-state index contributed by atoms with van der Waals surface area (Å²) in [7, 11) is 0. The Hall–Kier alpha value is -3.48. The molecular weight excluding hydrogens is 460 g/mol. The number of H-pyrrole nitrogens is 1. The molecular formula is C22H34N6O7. The van der Waals surface area contributed by atoms with E-state index in [1.54, 1.807) is 6.92 Å². The molecule has 194 valence electrons. The number of aliphatic carboxylic acids is 2. The van der Waals surface area contributed by atoms with Gasteiger partial charge in [-0.3, -0.25) is 19.2 Å². The molecule has 13 nitrogen and oxygen atoms in total. The molecule has 35 heavy (non-hydrogen) atoms. The van der Waals surface area contributed by atoms with Crippen LogP contribution in [-0.4, -0.2) is 85.5 Å². The molecule has 1 aromatic rings. The third-order valence-electron chi connectivity index (χ3n) is 6.21. The number of amides is 3. The molecule has 0 radical (unpaired) electrons. The summed E-state index contributed by atoms with van der Waals surface area (Å²) in [5.41, 5.74) is 6.38. The van der Waals surface area contributed by atoms with Crippen LogP contribution in [0.15, 0.2) is 12.5 Å². The highest BCUT2D eigenvalue weighted by molar-refractivity contribution is 5.94. The highest BCUT2D eigenvalue weighted by Crippen LogP contribution is 2.20. The number of carboxylic acid groups (broad SMARTS) is 2. The van der Waals surface area contributed by atoms with Crippen molar-refractivity contribution in [3.8, 4) is 0 Å². The molecule has 0 spiro atoms. The van der Waals surface area contributed by atoms with Crippen LogP contribution >= 0.6 is 0 Å². The summed E-state index contributed by atoms with van der Waals surface area (Å²) >= 11 is 0. The molecule has 1 fully saturated rings. The minimum Gasteiger partial charge on any atom is -0.481 e. The Morgan fingerprint density at radius 3 is 2.54 bits per heavy atom. The summed E-state index contributed by atoms with van der Waals surface area (Å²) in [5, 5.41) is 23.6. The summed E-state index contributed by atoms with van der Waals surface area (Å²) in [6.07, 6.45) is 3.99. The van der Waals surface area contributed by atoms with E-state index in [1.165, 1.54) is 17.4 Å². The Bertz CT molecular complexity index is 906. The maximum absolute atomic E-state index is 13.1. The van der Waals surface area contributed by atoms with Gasteiger partial charge in [-0.05, 0) is 25.2 Å². The molecule has 3 amide bonds. The molecule has 1 aliphatic rings. The first-order valence-corrected chi connectivity index (χ1v) is 11.6. The zero-order valence-corrected chi connectivity index (χ0v) is 19.9. The fourth-order valence-electron chi connectivity index (χ4n) is 3.95. The van der Waals surface area contributed by atoms with Crippen LogP contribution in [0.1, 0.15) is 51.6 Å². The van der Waals surface area contributed by atoms with Crippen molar-refractivity contribution in [3.05, 3.63) is 18.2 Å². The number of aromatic amines is 1. The van der Waals surface area contributed by atoms with Crippen molar-refractivity contribution in [1.29, 1.82) is 0 Å². The Balaban J connectivity index is 2.09. The predicted molar refractivity (Wildman–Crippen MR) is 123 cm³/mol. The number of rotatable bonds is 13. The number of imidazole rings is 1. The molecule has 1 aromatic heterocycles. The van der Waals surface area contributed by atoms with E-state index in [1.807, 2.05) is 6.92 Å². The molecule has 0 aliphatic carbocycles. The van der Waals surface area contributed by atoms with Crippen molar-refractivity contribution in [2.45, 2.75) is 76.5 Å². The minimum absolute atomic E-state index is 0.0125. The van der Waals surface area contributed by atoms with Crippen LogP contribution in [-0.2, 0) is 30.4 Å². The zero-order chi connectivity index (χ0) is 26.1. The molecule has 0 saturated carbocycles. The van der Waals surface area contributed by atoms with Crippen molar-refractivity contribution in [2.24, 2.45) is 11.7 Å². The van der Waals surface area contributed by atoms with Crippen LogP contribution in [0.4, 0.5) is 0 Å². The summed E-state index contributed by atoms with van der Waals surface area (Å²) in [6.45, 7) is 3.89. The van der Waals surface area contributed by atoms with Gasteiger partial charge in [-0.25, -0.2) is 9.78 Å². The number of hydrogen-bond donors (Lipinski definition) is 6. The van der Waals surface area contributed by atoms with E-state index in [9.17, 15) is 29.1 Å². The molecule has 0 aromatic carbocycles. The summed E-state index contributed by atoms with van der Waals surface area (Å²) in [4.78, 5) is 69.3. The molecule has 13 heteroatoms. The van der Waals surface area contributed by atoms with E-state index >= 15 is 0 Å². The fraction of sp³-hybridized carbons (Fsp3) is 0.636. The van der Waals surface area contributed by atoms with Gasteiger partial charge in [0.05, 0.1) is 12.4 Å². The highest BCUT2D eigenvalue weighted by Gasteiger charge is 2.38. The average molecular weight is 495 g/mol. The van der Waals surface area contributed by atoms with Crippen molar-refractivity contribution in [1.82, 2.24) is 25.5 Å². The highest BCUT2D eigenvalue weighted by atomic mass is 16.4. The largest absolute Gasteiger partial charge is 0.481 e. The number of nitrogens with zero attached hydrogens (tertiary/aromatic N) is 2. The van der Waals surface area contributed by atoms with Gasteiger partial charge in [0.15, 0.2) is 0 Å². The van der Waals surface area contributed by atoms with Gasteiger partial charge in [-0.2, -0.15) is 0 Å². The minimum atomic E-state index is -1.23. The number of carbonyl (C=O) groups is 5. The van der Waals surface area contributed by atoms with Crippen LogP contribution in [0.3, 0.4) is 0 Å². The lowest BCUT2D eigenvalue weighted by Crippen LogP contribution is -2.58. The molecule has 5 unspecified atom stereocenters. The van der Waals surface area contributed by atoms with E-state index in [2.05, 4.69) is 20.6 Å². The van der Waals surface area contributed by atoms with Gasteiger partial charge in [-0.15, -0.1) is 0 Å². The Kier molecular flexibility index (Phi) is 10.2. The smallest absolute Gasteiger partial charge is 0.326 e. The lowest BCUT2D eigenvalue weighted by molar-refractivity contribution is -0.143. The van der Waals surface area contributed by atoms with Crippen LogP contribution < -0.4 is 16.4 Å². The van der Waals surface area contributed by atoms with Crippen LogP contribution in [0.2, 0.25) is 0 Å². The quantitative estimate of drug-likeness (QED) is 0.203. The monoisotopic (exact) mass is 494 g/mol. The fourth-order valence-corrected chi connectivity index (χ4v) is 3.95. The Morgan fingerprint density at radius 2 is 1.97 bits per heavy atom. The zero-order valence-electron chi connectivity index (χ0n) is 19.9. The van der Waals surface area contributed by atoms with E-state index < -0.39 is 53.8 Å². The Labute approximate surface area is 202 Å². The van der Waals surface area contributed by atoms with Crippen molar-refractivity contribution in [2.75, 3.05) is 6.54 Å². The third kappa shape index (κ3) is 7.77. The second-order valence-electron chi connectivity index (χ2n) is 8.78.